The average Bonchev–Trinajstić information content (AvgIpc) is 2.60. The fourth-order valence-corrected chi connectivity index (χ4v) is 2.71. The smallest absolute Gasteiger partial charge is 0.328 e. The lowest BCUT2D eigenvalue weighted by atomic mass is 9.96. The van der Waals surface area contributed by atoms with E-state index in [-0.39, 0.29) is 17.9 Å². The first-order valence-electron chi connectivity index (χ1n) is 7.30. The van der Waals surface area contributed by atoms with Gasteiger partial charge in [-0.1, -0.05) is 0 Å². The van der Waals surface area contributed by atoms with Crippen molar-refractivity contribution in [3.8, 4) is 0 Å². The van der Waals surface area contributed by atoms with E-state index in [1.165, 1.54) is 10.6 Å². The molecule has 1 fully saturated rings. The number of nitrogens with zero attached hydrogens (tertiary/aromatic N) is 2. The van der Waals surface area contributed by atoms with Crippen LogP contribution in [0.4, 0.5) is 0 Å². The third-order valence-corrected chi connectivity index (χ3v) is 4.10. The molecular formula is C14H23N3O4. The van der Waals surface area contributed by atoms with Crippen molar-refractivity contribution < 1.29 is 10.2 Å². The molecule has 0 aromatic carbocycles. The molecule has 21 heavy (non-hydrogen) atoms. The molecule has 1 aliphatic rings. The van der Waals surface area contributed by atoms with Gasteiger partial charge in [0.15, 0.2) is 0 Å². The summed E-state index contributed by atoms with van der Waals surface area (Å²) in [5, 5.41) is 19.3. The molecule has 0 aliphatic carbocycles. The topological polar surface area (TPSA) is 98.6 Å². The summed E-state index contributed by atoms with van der Waals surface area (Å²) in [6.45, 7) is 3.80. The van der Waals surface area contributed by atoms with Gasteiger partial charge < -0.3 is 20.1 Å². The Morgan fingerprint density at radius 2 is 2.05 bits per heavy atom. The van der Waals surface area contributed by atoms with E-state index in [0.717, 1.165) is 13.0 Å². The number of aliphatic hydroxyl groups is 2. The second-order valence-corrected chi connectivity index (χ2v) is 5.83. The molecule has 1 atom stereocenters. The molecule has 1 aliphatic heterocycles. The van der Waals surface area contributed by atoms with E-state index in [1.54, 1.807) is 6.92 Å². The van der Waals surface area contributed by atoms with Crippen LogP contribution >= 0.6 is 0 Å². The van der Waals surface area contributed by atoms with Gasteiger partial charge in [0, 0.05) is 31.4 Å². The van der Waals surface area contributed by atoms with Crippen molar-refractivity contribution in [2.24, 2.45) is 0 Å². The van der Waals surface area contributed by atoms with Gasteiger partial charge in [0.2, 0.25) is 0 Å². The molecule has 1 aromatic rings. The summed E-state index contributed by atoms with van der Waals surface area (Å²) in [7, 11) is 0. The van der Waals surface area contributed by atoms with Gasteiger partial charge in [-0.3, -0.25) is 9.36 Å². The molecule has 0 saturated carbocycles. The number of aromatic nitrogens is 2. The van der Waals surface area contributed by atoms with E-state index in [0.29, 0.717) is 38.2 Å². The van der Waals surface area contributed by atoms with Gasteiger partial charge in [0.05, 0.1) is 12.2 Å². The number of likely N-dealkylation sites (tertiary alicyclic amines) is 1. The maximum absolute atomic E-state index is 11.8. The van der Waals surface area contributed by atoms with Crippen LogP contribution in [0.25, 0.3) is 0 Å². The summed E-state index contributed by atoms with van der Waals surface area (Å²) >= 11 is 0. The third kappa shape index (κ3) is 4.03. The standard InChI is InChI=1S/C14H23N3O4/c1-11-9-12(19)17(13(20)15-11)8-7-16-5-2-3-14(21,10-18)4-6-16/h9,18,21H,2-8,10H2,1H3,(H,15,20)/t14-/m1/s1. The normalized spacial score (nSPS) is 24.0. The SMILES string of the molecule is Cc1cc(=O)n(CCN2CCC[C@](O)(CO)CC2)c(=O)[nH]1. The van der Waals surface area contributed by atoms with E-state index in [4.69, 9.17) is 0 Å². The largest absolute Gasteiger partial charge is 0.393 e. The summed E-state index contributed by atoms with van der Waals surface area (Å²) in [4.78, 5) is 28.3. The Balaban J connectivity index is 1.98. The van der Waals surface area contributed by atoms with E-state index < -0.39 is 5.60 Å². The van der Waals surface area contributed by atoms with Crippen molar-refractivity contribution in [1.82, 2.24) is 14.5 Å². The Hall–Kier alpha value is -1.44. The Kier molecular flexibility index (Phi) is 4.97. The van der Waals surface area contributed by atoms with Crippen LogP contribution in [0.5, 0.6) is 0 Å². The molecule has 2 heterocycles. The van der Waals surface area contributed by atoms with Crippen molar-refractivity contribution in [3.05, 3.63) is 32.6 Å². The van der Waals surface area contributed by atoms with Gasteiger partial charge in [0.25, 0.3) is 5.56 Å². The van der Waals surface area contributed by atoms with E-state index in [1.807, 2.05) is 0 Å². The molecule has 0 radical (unpaired) electrons. The zero-order valence-electron chi connectivity index (χ0n) is 12.3. The number of rotatable bonds is 4. The minimum atomic E-state index is -0.993. The van der Waals surface area contributed by atoms with Crippen LogP contribution in [0.2, 0.25) is 0 Å². The molecule has 0 spiro atoms. The molecule has 0 unspecified atom stereocenters. The van der Waals surface area contributed by atoms with Crippen LogP contribution in [0.1, 0.15) is 25.0 Å². The van der Waals surface area contributed by atoms with Gasteiger partial charge in [-0.05, 0) is 32.7 Å². The van der Waals surface area contributed by atoms with Crippen molar-refractivity contribution in [1.29, 1.82) is 0 Å². The average molecular weight is 297 g/mol. The highest BCUT2D eigenvalue weighted by atomic mass is 16.3. The lowest BCUT2D eigenvalue weighted by Crippen LogP contribution is -2.40. The maximum atomic E-state index is 11.8. The van der Waals surface area contributed by atoms with Gasteiger partial charge >= 0.3 is 5.69 Å². The maximum Gasteiger partial charge on any atom is 0.328 e. The third-order valence-electron chi connectivity index (χ3n) is 4.10. The summed E-state index contributed by atoms with van der Waals surface area (Å²) in [5.41, 5.74) is -1.11. The van der Waals surface area contributed by atoms with E-state index >= 15 is 0 Å². The van der Waals surface area contributed by atoms with Gasteiger partial charge in [-0.2, -0.15) is 0 Å². The predicted octanol–water partition coefficient (Wildman–Crippen LogP) is -0.946. The second-order valence-electron chi connectivity index (χ2n) is 5.83. The summed E-state index contributed by atoms with van der Waals surface area (Å²) in [6.07, 6.45) is 1.87. The molecule has 2 rings (SSSR count). The van der Waals surface area contributed by atoms with Crippen LogP contribution in [0.3, 0.4) is 0 Å². The molecule has 0 amide bonds. The number of hydrogen-bond donors (Lipinski definition) is 3. The number of aromatic amines is 1. The second kappa shape index (κ2) is 6.55. The van der Waals surface area contributed by atoms with Gasteiger partial charge in [-0.15, -0.1) is 0 Å². The predicted molar refractivity (Wildman–Crippen MR) is 78.4 cm³/mol. The van der Waals surface area contributed by atoms with Crippen molar-refractivity contribution in [2.75, 3.05) is 26.2 Å². The molecular weight excluding hydrogens is 274 g/mol. The highest BCUT2D eigenvalue weighted by Crippen LogP contribution is 2.21. The van der Waals surface area contributed by atoms with E-state index in [9.17, 15) is 19.8 Å². The first kappa shape index (κ1) is 15.9. The molecule has 1 saturated heterocycles. The zero-order chi connectivity index (χ0) is 15.5. The van der Waals surface area contributed by atoms with Gasteiger partial charge in [-0.25, -0.2) is 4.79 Å². The van der Waals surface area contributed by atoms with Crippen LogP contribution in [0, 0.1) is 6.92 Å². The summed E-state index contributed by atoms with van der Waals surface area (Å²) in [5.74, 6) is 0. The first-order valence-corrected chi connectivity index (χ1v) is 7.30. The minimum Gasteiger partial charge on any atom is -0.393 e. The quantitative estimate of drug-likeness (QED) is 0.666. The highest BCUT2D eigenvalue weighted by molar-refractivity contribution is 4.96. The fraction of sp³-hybridized carbons (Fsp3) is 0.714. The molecule has 0 bridgehead atoms. The minimum absolute atomic E-state index is 0.224. The first-order chi connectivity index (χ1) is 9.93. The molecule has 3 N–H and O–H groups in total. The lowest BCUT2D eigenvalue weighted by molar-refractivity contribution is -0.0254. The van der Waals surface area contributed by atoms with E-state index in [2.05, 4.69) is 9.88 Å². The van der Waals surface area contributed by atoms with Crippen molar-refractivity contribution in [3.63, 3.8) is 0 Å². The number of H-pyrrole nitrogens is 1. The Bertz CT molecular complexity index is 563. The van der Waals surface area contributed by atoms with Crippen molar-refractivity contribution in [2.45, 2.75) is 38.3 Å². The monoisotopic (exact) mass is 297 g/mol. The summed E-state index contributed by atoms with van der Waals surface area (Å²) in [6, 6.07) is 1.41. The van der Waals surface area contributed by atoms with Gasteiger partial charge in [0.1, 0.15) is 0 Å². The fourth-order valence-electron chi connectivity index (χ4n) is 2.71. The highest BCUT2D eigenvalue weighted by Gasteiger charge is 2.29. The van der Waals surface area contributed by atoms with Crippen LogP contribution < -0.4 is 11.2 Å². The van der Waals surface area contributed by atoms with Crippen LogP contribution in [-0.4, -0.2) is 56.5 Å². The number of aliphatic hydroxyl groups excluding tert-OH is 1. The zero-order valence-corrected chi connectivity index (χ0v) is 12.3. The Morgan fingerprint density at radius 1 is 1.29 bits per heavy atom. The van der Waals surface area contributed by atoms with Crippen LogP contribution in [0.15, 0.2) is 15.7 Å². The molecule has 7 nitrogen and oxygen atoms in total. The number of hydrogen-bond acceptors (Lipinski definition) is 5. The number of nitrogens with one attached hydrogen (secondary N) is 1. The molecule has 1 aromatic heterocycles. The van der Waals surface area contributed by atoms with Crippen LogP contribution in [-0.2, 0) is 6.54 Å². The Morgan fingerprint density at radius 3 is 2.71 bits per heavy atom. The lowest BCUT2D eigenvalue weighted by Gasteiger charge is -2.24. The van der Waals surface area contributed by atoms with Crippen molar-refractivity contribution >= 4 is 0 Å². The molecule has 118 valence electrons. The number of aryl methyl sites for hydroxylation is 1. The summed E-state index contributed by atoms with van der Waals surface area (Å²) < 4.78 is 1.19. The Labute approximate surface area is 122 Å². The molecule has 7 heteroatoms.